The summed E-state index contributed by atoms with van der Waals surface area (Å²) in [6, 6.07) is 7.90. The van der Waals surface area contributed by atoms with E-state index in [0.717, 1.165) is 50.6 Å². The van der Waals surface area contributed by atoms with Crippen LogP contribution in [0.5, 0.6) is 0 Å². The van der Waals surface area contributed by atoms with Crippen LogP contribution in [0, 0.1) is 5.92 Å². The van der Waals surface area contributed by atoms with Gasteiger partial charge in [0, 0.05) is 44.3 Å². The lowest BCUT2D eigenvalue weighted by atomic mass is 10.1. The molecule has 0 radical (unpaired) electrons. The number of benzene rings is 1. The zero-order valence-electron chi connectivity index (χ0n) is 17.5. The van der Waals surface area contributed by atoms with Crippen LogP contribution < -0.4 is 10.6 Å². The summed E-state index contributed by atoms with van der Waals surface area (Å²) < 4.78 is 5.29. The minimum Gasteiger partial charge on any atom is -0.384 e. The topological polar surface area (TPSA) is 66.0 Å². The van der Waals surface area contributed by atoms with Crippen molar-refractivity contribution >= 4 is 35.8 Å². The van der Waals surface area contributed by atoms with E-state index in [1.165, 1.54) is 0 Å². The predicted octanol–water partition coefficient (Wildman–Crippen LogP) is 3.27. The van der Waals surface area contributed by atoms with Gasteiger partial charge < -0.3 is 20.3 Å². The number of likely N-dealkylation sites (tertiary alicyclic amines) is 1. The van der Waals surface area contributed by atoms with Gasteiger partial charge in [-0.25, -0.2) is 4.99 Å². The summed E-state index contributed by atoms with van der Waals surface area (Å²) in [7, 11) is 1.76. The number of aliphatic imine (C=N–C) groups is 1. The predicted molar refractivity (Wildman–Crippen MR) is 125 cm³/mol. The van der Waals surface area contributed by atoms with Crippen molar-refractivity contribution in [3.05, 3.63) is 35.4 Å². The van der Waals surface area contributed by atoms with Gasteiger partial charge in [-0.3, -0.25) is 4.79 Å². The molecule has 1 amide bonds. The Morgan fingerprint density at radius 2 is 2.18 bits per heavy atom. The van der Waals surface area contributed by atoms with Crippen LogP contribution in [0.2, 0.25) is 0 Å². The van der Waals surface area contributed by atoms with Crippen LogP contribution >= 0.6 is 24.0 Å². The molecule has 0 aromatic heterocycles. The van der Waals surface area contributed by atoms with Crippen LogP contribution in [0.3, 0.4) is 0 Å². The zero-order chi connectivity index (χ0) is 19.6. The summed E-state index contributed by atoms with van der Waals surface area (Å²) in [6.45, 7) is 10.3. The average molecular weight is 502 g/mol. The van der Waals surface area contributed by atoms with Crippen molar-refractivity contribution in [2.24, 2.45) is 10.9 Å². The van der Waals surface area contributed by atoms with Crippen molar-refractivity contribution in [1.29, 1.82) is 0 Å². The molecular weight excluding hydrogens is 467 g/mol. The van der Waals surface area contributed by atoms with E-state index in [9.17, 15) is 4.79 Å². The molecule has 1 heterocycles. The van der Waals surface area contributed by atoms with Gasteiger partial charge in [0.15, 0.2) is 5.96 Å². The maximum Gasteiger partial charge on any atom is 0.251 e. The van der Waals surface area contributed by atoms with Crippen molar-refractivity contribution in [2.45, 2.75) is 46.2 Å². The van der Waals surface area contributed by atoms with Gasteiger partial charge in [0.1, 0.15) is 0 Å². The molecule has 2 atom stereocenters. The van der Waals surface area contributed by atoms with E-state index in [-0.39, 0.29) is 35.9 Å². The maximum atomic E-state index is 12.3. The number of hydrogen-bond donors (Lipinski definition) is 2. The molecule has 1 saturated heterocycles. The molecule has 2 unspecified atom stereocenters. The van der Waals surface area contributed by atoms with Crippen molar-refractivity contribution in [1.82, 2.24) is 15.5 Å². The highest BCUT2D eigenvalue weighted by atomic mass is 127. The van der Waals surface area contributed by atoms with Gasteiger partial charge in [0.25, 0.3) is 5.91 Å². The van der Waals surface area contributed by atoms with E-state index in [2.05, 4.69) is 29.4 Å². The highest BCUT2D eigenvalue weighted by molar-refractivity contribution is 14.0. The van der Waals surface area contributed by atoms with E-state index in [4.69, 9.17) is 9.73 Å². The number of nitrogens with zero attached hydrogens (tertiary/aromatic N) is 2. The normalized spacial score (nSPS) is 17.8. The monoisotopic (exact) mass is 502 g/mol. The fourth-order valence-electron chi connectivity index (χ4n) is 3.21. The summed E-state index contributed by atoms with van der Waals surface area (Å²) >= 11 is 0. The Hall–Kier alpha value is -1.35. The molecule has 1 fully saturated rings. The van der Waals surface area contributed by atoms with Crippen molar-refractivity contribution in [2.75, 3.05) is 33.4 Å². The molecule has 28 heavy (non-hydrogen) atoms. The Balaban J connectivity index is 0.00000392. The third kappa shape index (κ3) is 7.58. The van der Waals surface area contributed by atoms with Gasteiger partial charge >= 0.3 is 0 Å². The molecule has 6 nitrogen and oxygen atoms in total. The van der Waals surface area contributed by atoms with Crippen LogP contribution in [0.25, 0.3) is 0 Å². The zero-order valence-corrected chi connectivity index (χ0v) is 19.9. The van der Waals surface area contributed by atoms with Crippen LogP contribution in [0.4, 0.5) is 0 Å². The molecule has 0 bridgehead atoms. The van der Waals surface area contributed by atoms with Crippen molar-refractivity contribution < 1.29 is 9.53 Å². The first kappa shape index (κ1) is 24.7. The van der Waals surface area contributed by atoms with E-state index in [0.29, 0.717) is 18.0 Å². The number of halogens is 1. The first-order chi connectivity index (χ1) is 13.1. The maximum absolute atomic E-state index is 12.3. The molecule has 1 aromatic rings. The highest BCUT2D eigenvalue weighted by Crippen LogP contribution is 2.17. The molecule has 0 aliphatic carbocycles. The van der Waals surface area contributed by atoms with Gasteiger partial charge in [-0.1, -0.05) is 19.1 Å². The SMILES string of the molecule is CCNC(=NCc1cccc(C(=O)NC(C)CC)c1)N1CCC(COC)C1.I. The van der Waals surface area contributed by atoms with Gasteiger partial charge in [-0.05, 0) is 44.4 Å². The Labute approximate surface area is 186 Å². The number of ether oxygens (including phenoxy) is 1. The smallest absolute Gasteiger partial charge is 0.251 e. The number of carbonyl (C=O) groups excluding carboxylic acids is 1. The molecule has 0 saturated carbocycles. The van der Waals surface area contributed by atoms with E-state index >= 15 is 0 Å². The summed E-state index contributed by atoms with van der Waals surface area (Å²) in [5.74, 6) is 1.47. The molecule has 1 aliphatic heterocycles. The Morgan fingerprint density at radius 3 is 2.86 bits per heavy atom. The molecule has 7 heteroatoms. The van der Waals surface area contributed by atoms with Crippen LogP contribution in [0.1, 0.15) is 49.5 Å². The third-order valence-corrected chi connectivity index (χ3v) is 4.91. The first-order valence-electron chi connectivity index (χ1n) is 9.99. The number of hydrogen-bond acceptors (Lipinski definition) is 3. The molecular formula is C21H35IN4O2. The van der Waals surface area contributed by atoms with Gasteiger partial charge in [-0.15, -0.1) is 24.0 Å². The van der Waals surface area contributed by atoms with E-state index in [1.807, 2.05) is 31.2 Å². The molecule has 0 spiro atoms. The number of carbonyl (C=O) groups is 1. The van der Waals surface area contributed by atoms with Crippen LogP contribution in [-0.2, 0) is 11.3 Å². The number of guanidine groups is 1. The highest BCUT2D eigenvalue weighted by Gasteiger charge is 2.24. The average Bonchev–Trinajstić information content (AvgIpc) is 3.14. The summed E-state index contributed by atoms with van der Waals surface area (Å²) in [4.78, 5) is 19.4. The molecule has 158 valence electrons. The summed E-state index contributed by atoms with van der Waals surface area (Å²) in [5, 5.41) is 6.40. The third-order valence-electron chi connectivity index (χ3n) is 4.91. The lowest BCUT2D eigenvalue weighted by Crippen LogP contribution is -2.40. The quantitative estimate of drug-likeness (QED) is 0.326. The lowest BCUT2D eigenvalue weighted by molar-refractivity contribution is 0.0939. The molecule has 2 rings (SSSR count). The lowest BCUT2D eigenvalue weighted by Gasteiger charge is -2.21. The fraction of sp³-hybridized carbons (Fsp3) is 0.619. The fourth-order valence-corrected chi connectivity index (χ4v) is 3.21. The van der Waals surface area contributed by atoms with Gasteiger partial charge in [-0.2, -0.15) is 0 Å². The van der Waals surface area contributed by atoms with E-state index in [1.54, 1.807) is 7.11 Å². The number of amides is 1. The van der Waals surface area contributed by atoms with Crippen molar-refractivity contribution in [3.63, 3.8) is 0 Å². The first-order valence-corrected chi connectivity index (χ1v) is 9.99. The summed E-state index contributed by atoms with van der Waals surface area (Å²) in [6.07, 6.45) is 2.05. The number of nitrogens with one attached hydrogen (secondary N) is 2. The Kier molecular flexibility index (Phi) is 11.4. The molecule has 1 aromatic carbocycles. The Morgan fingerprint density at radius 1 is 1.39 bits per heavy atom. The molecule has 1 aliphatic rings. The van der Waals surface area contributed by atoms with Gasteiger partial charge in [0.05, 0.1) is 13.2 Å². The van der Waals surface area contributed by atoms with Gasteiger partial charge in [0.2, 0.25) is 0 Å². The second kappa shape index (κ2) is 13.0. The van der Waals surface area contributed by atoms with E-state index < -0.39 is 0 Å². The Bertz CT molecular complexity index is 639. The minimum absolute atomic E-state index is 0. The second-order valence-corrected chi connectivity index (χ2v) is 7.21. The van der Waals surface area contributed by atoms with Crippen LogP contribution in [0.15, 0.2) is 29.3 Å². The second-order valence-electron chi connectivity index (χ2n) is 7.21. The minimum atomic E-state index is -0.0240. The standard InChI is InChI=1S/C21H34N4O2.HI/c1-5-16(3)24-20(26)19-9-7-8-17(12-19)13-23-21(22-6-2)25-11-10-18(14-25)15-27-4;/h7-9,12,16,18H,5-6,10-11,13-15H2,1-4H3,(H,22,23)(H,24,26);1H. The van der Waals surface area contributed by atoms with Crippen LogP contribution in [-0.4, -0.2) is 56.2 Å². The number of methoxy groups -OCH3 is 1. The largest absolute Gasteiger partial charge is 0.384 e. The van der Waals surface area contributed by atoms with Crippen molar-refractivity contribution in [3.8, 4) is 0 Å². The summed E-state index contributed by atoms with van der Waals surface area (Å²) in [5.41, 5.74) is 1.73. The number of rotatable bonds is 8. The molecule has 2 N–H and O–H groups in total.